The lowest BCUT2D eigenvalue weighted by Gasteiger charge is -2.35. The number of likely N-dealkylation sites (tertiary alicyclic amines) is 1. The van der Waals surface area contributed by atoms with Gasteiger partial charge in [0.05, 0.1) is 5.92 Å². The summed E-state index contributed by atoms with van der Waals surface area (Å²) in [6.07, 6.45) is 5.55. The van der Waals surface area contributed by atoms with Crippen molar-refractivity contribution in [2.24, 2.45) is 5.92 Å². The molecule has 0 aromatic heterocycles. The van der Waals surface area contributed by atoms with Crippen LogP contribution >= 0.6 is 0 Å². The Balaban J connectivity index is 2.37. The van der Waals surface area contributed by atoms with E-state index in [0.717, 1.165) is 25.9 Å². The number of carbonyl (C=O) groups is 1. The molecule has 0 saturated carbocycles. The summed E-state index contributed by atoms with van der Waals surface area (Å²) < 4.78 is 0. The van der Waals surface area contributed by atoms with Crippen LogP contribution < -0.4 is 0 Å². The number of nitrogens with zero attached hydrogens (tertiary/aromatic N) is 1. The molecule has 0 radical (unpaired) electrons. The molecule has 0 bridgehead atoms. The summed E-state index contributed by atoms with van der Waals surface area (Å²) in [6.45, 7) is 6.25. The lowest BCUT2D eigenvalue weighted by atomic mass is 9.96. The molecule has 1 fully saturated rings. The summed E-state index contributed by atoms with van der Waals surface area (Å²) in [5, 5.41) is 8.99. The Hall–Kier alpha value is -0.570. The molecular weight excluding hydrogens is 190 g/mol. The number of unbranched alkanes of at least 4 members (excludes halogenated alkanes) is 1. The summed E-state index contributed by atoms with van der Waals surface area (Å²) in [6, 6.07) is 0.548. The first kappa shape index (κ1) is 12.5. The largest absolute Gasteiger partial charge is 0.481 e. The number of carboxylic acid groups (broad SMARTS) is 1. The van der Waals surface area contributed by atoms with Crippen LogP contribution in [-0.4, -0.2) is 35.1 Å². The molecule has 15 heavy (non-hydrogen) atoms. The average Bonchev–Trinajstić information content (AvgIpc) is 2.26. The van der Waals surface area contributed by atoms with Crippen LogP contribution in [0.5, 0.6) is 0 Å². The smallest absolute Gasteiger partial charge is 0.307 e. The fraction of sp³-hybridized carbons (Fsp3) is 0.917. The summed E-state index contributed by atoms with van der Waals surface area (Å²) >= 11 is 0. The van der Waals surface area contributed by atoms with Crippen LogP contribution in [-0.2, 0) is 4.79 Å². The lowest BCUT2D eigenvalue weighted by Crippen LogP contribution is -2.43. The summed E-state index contributed by atoms with van der Waals surface area (Å²) in [5.41, 5.74) is 0. The van der Waals surface area contributed by atoms with E-state index in [0.29, 0.717) is 6.04 Å². The van der Waals surface area contributed by atoms with Crippen molar-refractivity contribution in [3.8, 4) is 0 Å². The van der Waals surface area contributed by atoms with Crippen LogP contribution in [0.15, 0.2) is 0 Å². The second-order valence-corrected chi connectivity index (χ2v) is 4.66. The van der Waals surface area contributed by atoms with E-state index in [-0.39, 0.29) is 5.92 Å². The topological polar surface area (TPSA) is 40.5 Å². The maximum absolute atomic E-state index is 10.9. The molecular formula is C12H23NO2. The Kier molecular flexibility index (Phi) is 5.09. The zero-order valence-corrected chi connectivity index (χ0v) is 9.91. The molecule has 1 aliphatic rings. The first-order chi connectivity index (χ1) is 7.15. The Bertz CT molecular complexity index is 206. The maximum atomic E-state index is 10.9. The van der Waals surface area contributed by atoms with Crippen LogP contribution in [0, 0.1) is 5.92 Å². The van der Waals surface area contributed by atoms with Crippen molar-refractivity contribution in [2.45, 2.75) is 52.0 Å². The Morgan fingerprint density at radius 2 is 2.33 bits per heavy atom. The highest BCUT2D eigenvalue weighted by atomic mass is 16.4. The standard InChI is InChI=1S/C12H23NO2/c1-3-4-6-10(2)13-8-5-7-11(9-13)12(14)15/h10-11H,3-9H2,1-2H3,(H,14,15). The Labute approximate surface area is 92.5 Å². The maximum Gasteiger partial charge on any atom is 0.307 e. The van der Waals surface area contributed by atoms with E-state index in [4.69, 9.17) is 5.11 Å². The lowest BCUT2D eigenvalue weighted by molar-refractivity contribution is -0.143. The third-order valence-electron chi connectivity index (χ3n) is 3.40. The molecule has 0 aromatic rings. The zero-order valence-electron chi connectivity index (χ0n) is 9.91. The van der Waals surface area contributed by atoms with E-state index in [9.17, 15) is 4.79 Å². The number of hydrogen-bond acceptors (Lipinski definition) is 2. The predicted molar refractivity (Wildman–Crippen MR) is 60.9 cm³/mol. The number of carboxylic acids is 1. The van der Waals surface area contributed by atoms with Crippen molar-refractivity contribution in [3.63, 3.8) is 0 Å². The van der Waals surface area contributed by atoms with Gasteiger partial charge in [0.1, 0.15) is 0 Å². The number of hydrogen-bond donors (Lipinski definition) is 1. The molecule has 2 unspecified atom stereocenters. The molecule has 88 valence electrons. The van der Waals surface area contributed by atoms with Crippen molar-refractivity contribution < 1.29 is 9.90 Å². The third-order valence-corrected chi connectivity index (χ3v) is 3.40. The van der Waals surface area contributed by atoms with Crippen LogP contribution in [0.3, 0.4) is 0 Å². The van der Waals surface area contributed by atoms with Crippen molar-refractivity contribution in [2.75, 3.05) is 13.1 Å². The highest BCUT2D eigenvalue weighted by Crippen LogP contribution is 2.20. The van der Waals surface area contributed by atoms with E-state index >= 15 is 0 Å². The number of piperidine rings is 1. The SMILES string of the molecule is CCCCC(C)N1CCCC(C(=O)O)C1. The predicted octanol–water partition coefficient (Wildman–Crippen LogP) is 2.36. The molecule has 1 N–H and O–H groups in total. The second-order valence-electron chi connectivity index (χ2n) is 4.66. The first-order valence-corrected chi connectivity index (χ1v) is 6.12. The monoisotopic (exact) mass is 213 g/mol. The molecule has 3 heteroatoms. The van der Waals surface area contributed by atoms with E-state index in [2.05, 4.69) is 18.7 Å². The average molecular weight is 213 g/mol. The molecule has 0 amide bonds. The van der Waals surface area contributed by atoms with Gasteiger partial charge in [0.25, 0.3) is 0 Å². The van der Waals surface area contributed by atoms with Gasteiger partial charge in [-0.1, -0.05) is 19.8 Å². The van der Waals surface area contributed by atoms with Crippen LogP contribution in [0.2, 0.25) is 0 Å². The quantitative estimate of drug-likeness (QED) is 0.762. The van der Waals surface area contributed by atoms with E-state index in [1.54, 1.807) is 0 Å². The molecule has 1 aliphatic heterocycles. The van der Waals surface area contributed by atoms with E-state index in [1.165, 1.54) is 19.3 Å². The van der Waals surface area contributed by atoms with Gasteiger partial charge in [-0.3, -0.25) is 9.69 Å². The highest BCUT2D eigenvalue weighted by Gasteiger charge is 2.27. The summed E-state index contributed by atoms with van der Waals surface area (Å²) in [4.78, 5) is 13.3. The number of rotatable bonds is 5. The van der Waals surface area contributed by atoms with Crippen molar-refractivity contribution in [1.29, 1.82) is 0 Å². The minimum Gasteiger partial charge on any atom is -0.481 e. The second kappa shape index (κ2) is 6.11. The number of aliphatic carboxylic acids is 1. The molecule has 0 aliphatic carbocycles. The van der Waals surface area contributed by atoms with E-state index < -0.39 is 5.97 Å². The van der Waals surface area contributed by atoms with Gasteiger partial charge in [0, 0.05) is 12.6 Å². The van der Waals surface area contributed by atoms with Gasteiger partial charge in [-0.25, -0.2) is 0 Å². The van der Waals surface area contributed by atoms with Gasteiger partial charge >= 0.3 is 5.97 Å². The van der Waals surface area contributed by atoms with Crippen molar-refractivity contribution in [1.82, 2.24) is 4.90 Å². The van der Waals surface area contributed by atoms with Gasteiger partial charge in [0.2, 0.25) is 0 Å². The highest BCUT2D eigenvalue weighted by molar-refractivity contribution is 5.70. The van der Waals surface area contributed by atoms with Gasteiger partial charge in [-0.05, 0) is 32.7 Å². The van der Waals surface area contributed by atoms with Crippen LogP contribution in [0.4, 0.5) is 0 Å². The van der Waals surface area contributed by atoms with Gasteiger partial charge in [0.15, 0.2) is 0 Å². The minimum atomic E-state index is -0.623. The van der Waals surface area contributed by atoms with E-state index in [1.807, 2.05) is 0 Å². The summed E-state index contributed by atoms with van der Waals surface area (Å²) in [7, 11) is 0. The van der Waals surface area contributed by atoms with Crippen molar-refractivity contribution >= 4 is 5.97 Å². The fourth-order valence-corrected chi connectivity index (χ4v) is 2.29. The minimum absolute atomic E-state index is 0.136. The fourth-order valence-electron chi connectivity index (χ4n) is 2.29. The summed E-state index contributed by atoms with van der Waals surface area (Å²) in [5.74, 6) is -0.759. The van der Waals surface area contributed by atoms with Crippen LogP contribution in [0.25, 0.3) is 0 Å². The Morgan fingerprint density at radius 1 is 1.60 bits per heavy atom. The van der Waals surface area contributed by atoms with Crippen molar-refractivity contribution in [3.05, 3.63) is 0 Å². The van der Waals surface area contributed by atoms with Crippen LogP contribution in [0.1, 0.15) is 46.0 Å². The molecule has 0 aromatic carbocycles. The molecule has 1 rings (SSSR count). The molecule has 1 saturated heterocycles. The van der Waals surface area contributed by atoms with Gasteiger partial charge < -0.3 is 5.11 Å². The Morgan fingerprint density at radius 3 is 2.93 bits per heavy atom. The first-order valence-electron chi connectivity index (χ1n) is 6.12. The van der Waals surface area contributed by atoms with Gasteiger partial charge in [-0.15, -0.1) is 0 Å². The molecule has 0 spiro atoms. The van der Waals surface area contributed by atoms with Gasteiger partial charge in [-0.2, -0.15) is 0 Å². The molecule has 2 atom stereocenters. The molecule has 1 heterocycles. The normalized spacial score (nSPS) is 25.1. The zero-order chi connectivity index (χ0) is 11.3. The molecule has 3 nitrogen and oxygen atoms in total. The third kappa shape index (κ3) is 3.82.